The van der Waals surface area contributed by atoms with E-state index in [2.05, 4.69) is 0 Å². The predicted molar refractivity (Wildman–Crippen MR) is 69.4 cm³/mol. The molecule has 21 heavy (non-hydrogen) atoms. The summed E-state index contributed by atoms with van der Waals surface area (Å²) in [5.74, 6) is -2.18. The number of ether oxygens (including phenoxy) is 1. The number of halogens is 3. The first-order valence-electron chi connectivity index (χ1n) is 6.25. The van der Waals surface area contributed by atoms with Crippen LogP contribution in [0.2, 0.25) is 0 Å². The van der Waals surface area contributed by atoms with Crippen LogP contribution in [0.5, 0.6) is 5.75 Å². The van der Waals surface area contributed by atoms with Crippen molar-refractivity contribution in [2.75, 3.05) is 6.61 Å². The van der Waals surface area contributed by atoms with Gasteiger partial charge in [-0.2, -0.15) is 13.2 Å². The van der Waals surface area contributed by atoms with E-state index in [-0.39, 0.29) is 12.5 Å². The average molecular weight is 306 g/mol. The highest BCUT2D eigenvalue weighted by Crippen LogP contribution is 2.37. The lowest BCUT2D eigenvalue weighted by Crippen LogP contribution is -2.38. The largest absolute Gasteiger partial charge is 0.490 e. The molecule has 1 atom stereocenters. The molecule has 0 heterocycles. The summed E-state index contributed by atoms with van der Waals surface area (Å²) >= 11 is 0. The first-order valence-corrected chi connectivity index (χ1v) is 6.25. The van der Waals surface area contributed by atoms with Crippen molar-refractivity contribution < 1.29 is 32.9 Å². The van der Waals surface area contributed by atoms with Crippen LogP contribution in [0.1, 0.15) is 36.7 Å². The van der Waals surface area contributed by atoms with Gasteiger partial charge in [0, 0.05) is 0 Å². The Hall–Kier alpha value is -1.76. The summed E-state index contributed by atoms with van der Waals surface area (Å²) in [6.07, 6.45) is -4.75. The van der Waals surface area contributed by atoms with Gasteiger partial charge in [0.05, 0.1) is 16.7 Å². The van der Waals surface area contributed by atoms with Crippen LogP contribution in [0.3, 0.4) is 0 Å². The molecule has 1 rings (SSSR count). The number of aromatic carboxylic acids is 1. The second kappa shape index (κ2) is 5.93. The van der Waals surface area contributed by atoms with Gasteiger partial charge in [-0.05, 0) is 31.0 Å². The molecular formula is C14H17F3O4. The smallest absolute Gasteiger partial charge is 0.419 e. The molecule has 0 bridgehead atoms. The summed E-state index contributed by atoms with van der Waals surface area (Å²) in [6.45, 7) is 4.54. The third kappa shape index (κ3) is 4.35. The van der Waals surface area contributed by atoms with Crippen LogP contribution in [0, 0.1) is 5.92 Å². The molecule has 0 aliphatic rings. The lowest BCUT2D eigenvalue weighted by molar-refractivity contribution is -0.139. The van der Waals surface area contributed by atoms with Crippen molar-refractivity contribution in [2.24, 2.45) is 5.92 Å². The quantitative estimate of drug-likeness (QED) is 0.876. The van der Waals surface area contributed by atoms with Crippen molar-refractivity contribution in [1.29, 1.82) is 0 Å². The Morgan fingerprint density at radius 3 is 2.33 bits per heavy atom. The first-order chi connectivity index (χ1) is 9.45. The number of aliphatic hydroxyl groups is 1. The minimum Gasteiger partial charge on any atom is -0.490 e. The Balaban J connectivity index is 3.10. The number of rotatable bonds is 5. The number of carboxylic acids is 1. The van der Waals surface area contributed by atoms with E-state index in [1.165, 1.54) is 6.92 Å². The average Bonchev–Trinajstić information content (AvgIpc) is 2.34. The van der Waals surface area contributed by atoms with Crippen LogP contribution in [-0.4, -0.2) is 28.4 Å². The van der Waals surface area contributed by atoms with Crippen molar-refractivity contribution in [2.45, 2.75) is 32.5 Å². The molecule has 0 saturated heterocycles. The third-order valence-electron chi connectivity index (χ3n) is 3.30. The highest BCUT2D eigenvalue weighted by atomic mass is 19.4. The zero-order valence-electron chi connectivity index (χ0n) is 11.9. The summed E-state index contributed by atoms with van der Waals surface area (Å²) < 4.78 is 43.9. The maximum atomic E-state index is 12.9. The van der Waals surface area contributed by atoms with Crippen LogP contribution in [0.25, 0.3) is 0 Å². The maximum Gasteiger partial charge on any atom is 0.419 e. The summed E-state index contributed by atoms with van der Waals surface area (Å²) in [5, 5.41) is 18.7. The molecule has 0 aliphatic carbocycles. The van der Waals surface area contributed by atoms with Crippen molar-refractivity contribution in [3.8, 4) is 5.75 Å². The van der Waals surface area contributed by atoms with Gasteiger partial charge in [-0.25, -0.2) is 4.79 Å². The third-order valence-corrected chi connectivity index (χ3v) is 3.30. The van der Waals surface area contributed by atoms with E-state index in [4.69, 9.17) is 9.84 Å². The van der Waals surface area contributed by atoms with Crippen molar-refractivity contribution in [1.82, 2.24) is 0 Å². The molecule has 0 spiro atoms. The Morgan fingerprint density at radius 2 is 1.90 bits per heavy atom. The van der Waals surface area contributed by atoms with Crippen LogP contribution in [0.15, 0.2) is 18.2 Å². The van der Waals surface area contributed by atoms with Crippen LogP contribution in [0.4, 0.5) is 13.2 Å². The molecule has 118 valence electrons. The highest BCUT2D eigenvalue weighted by Gasteiger charge is 2.36. The van der Waals surface area contributed by atoms with Gasteiger partial charge in [0.15, 0.2) is 0 Å². The predicted octanol–water partition coefficient (Wildman–Crippen LogP) is 3.19. The van der Waals surface area contributed by atoms with Gasteiger partial charge < -0.3 is 14.9 Å². The number of alkyl halides is 3. The summed E-state index contributed by atoms with van der Waals surface area (Å²) in [7, 11) is 0. The van der Waals surface area contributed by atoms with E-state index >= 15 is 0 Å². The monoisotopic (exact) mass is 306 g/mol. The highest BCUT2D eigenvalue weighted by molar-refractivity contribution is 5.88. The van der Waals surface area contributed by atoms with E-state index in [1.54, 1.807) is 13.8 Å². The molecule has 0 fully saturated rings. The zero-order valence-corrected chi connectivity index (χ0v) is 11.9. The zero-order chi connectivity index (χ0) is 16.4. The Morgan fingerprint density at radius 1 is 1.33 bits per heavy atom. The number of carboxylic acid groups (broad SMARTS) is 1. The summed E-state index contributed by atoms with van der Waals surface area (Å²) in [4.78, 5) is 10.7. The molecule has 1 aromatic rings. The molecule has 4 nitrogen and oxygen atoms in total. The molecule has 0 amide bonds. The molecule has 0 aliphatic heterocycles. The standard InChI is InChI=1S/C14H17F3O4/c1-8(2)13(3,20)7-21-11-5-4-9(12(18)19)6-10(11)14(15,16)17/h4-6,8,20H,7H2,1-3H3,(H,18,19). The normalized spacial score (nSPS) is 14.9. The first kappa shape index (κ1) is 17.3. The molecule has 2 N–H and O–H groups in total. The van der Waals surface area contributed by atoms with Gasteiger partial charge >= 0.3 is 12.1 Å². The van der Waals surface area contributed by atoms with E-state index in [0.717, 1.165) is 12.1 Å². The van der Waals surface area contributed by atoms with Crippen molar-refractivity contribution in [3.63, 3.8) is 0 Å². The lowest BCUT2D eigenvalue weighted by Gasteiger charge is -2.28. The summed E-state index contributed by atoms with van der Waals surface area (Å²) in [6, 6.07) is 2.49. The molecular weight excluding hydrogens is 289 g/mol. The van der Waals surface area contributed by atoms with Gasteiger partial charge in [0.25, 0.3) is 0 Å². The SMILES string of the molecule is CC(C)C(C)(O)COc1ccc(C(=O)O)cc1C(F)(F)F. The molecule has 7 heteroatoms. The van der Waals surface area contributed by atoms with Crippen LogP contribution in [-0.2, 0) is 6.18 Å². The maximum absolute atomic E-state index is 12.9. The second-order valence-electron chi connectivity index (χ2n) is 5.31. The summed E-state index contributed by atoms with van der Waals surface area (Å²) in [5.41, 5.74) is -2.96. The fourth-order valence-electron chi connectivity index (χ4n) is 1.40. The second-order valence-corrected chi connectivity index (χ2v) is 5.31. The molecule has 0 aromatic heterocycles. The van der Waals surface area contributed by atoms with E-state index < -0.39 is 34.6 Å². The van der Waals surface area contributed by atoms with Gasteiger partial charge in [-0.15, -0.1) is 0 Å². The fraction of sp³-hybridized carbons (Fsp3) is 0.500. The minimum absolute atomic E-state index is 0.217. The number of benzene rings is 1. The van der Waals surface area contributed by atoms with Gasteiger partial charge in [-0.1, -0.05) is 13.8 Å². The minimum atomic E-state index is -4.75. The topological polar surface area (TPSA) is 66.8 Å². The molecule has 0 saturated carbocycles. The molecule has 1 unspecified atom stereocenters. The van der Waals surface area contributed by atoms with Crippen molar-refractivity contribution in [3.05, 3.63) is 29.3 Å². The van der Waals surface area contributed by atoms with E-state index in [9.17, 15) is 23.1 Å². The van der Waals surface area contributed by atoms with E-state index in [1.807, 2.05) is 0 Å². The Bertz CT molecular complexity index is 521. The van der Waals surface area contributed by atoms with Crippen molar-refractivity contribution >= 4 is 5.97 Å². The Labute approximate surface area is 120 Å². The van der Waals surface area contributed by atoms with E-state index in [0.29, 0.717) is 6.07 Å². The lowest BCUT2D eigenvalue weighted by atomic mass is 9.94. The van der Waals surface area contributed by atoms with Crippen LogP contribution >= 0.6 is 0 Å². The van der Waals surface area contributed by atoms with Gasteiger partial charge in [-0.3, -0.25) is 0 Å². The Kier molecular flexibility index (Phi) is 4.88. The van der Waals surface area contributed by atoms with Crippen LogP contribution < -0.4 is 4.74 Å². The number of hydrogen-bond acceptors (Lipinski definition) is 3. The molecule has 0 radical (unpaired) electrons. The fourth-order valence-corrected chi connectivity index (χ4v) is 1.40. The van der Waals surface area contributed by atoms with Gasteiger partial charge in [0.2, 0.25) is 0 Å². The number of hydrogen-bond donors (Lipinski definition) is 2. The van der Waals surface area contributed by atoms with Gasteiger partial charge in [0.1, 0.15) is 12.4 Å². The number of carbonyl (C=O) groups is 1. The molecule has 1 aromatic carbocycles.